The van der Waals surface area contributed by atoms with E-state index < -0.39 is 0 Å². The van der Waals surface area contributed by atoms with Gasteiger partial charge in [0.25, 0.3) is 0 Å². The fourth-order valence-electron chi connectivity index (χ4n) is 0.978. The molecule has 0 N–H and O–H groups in total. The van der Waals surface area contributed by atoms with Gasteiger partial charge >= 0.3 is 0 Å². The van der Waals surface area contributed by atoms with Crippen molar-refractivity contribution in [1.82, 2.24) is 4.90 Å². The van der Waals surface area contributed by atoms with E-state index in [2.05, 4.69) is 41.9 Å². The Kier molecular flexibility index (Phi) is 7.56. The predicted molar refractivity (Wildman–Crippen MR) is 57.7 cm³/mol. The molecule has 0 radical (unpaired) electrons. The van der Waals surface area contributed by atoms with Crippen LogP contribution in [-0.2, 0) is 0 Å². The van der Waals surface area contributed by atoms with Crippen LogP contribution in [0, 0.1) is 0 Å². The van der Waals surface area contributed by atoms with Crippen molar-refractivity contribution in [2.75, 3.05) is 27.2 Å². The van der Waals surface area contributed by atoms with Crippen LogP contribution in [0.4, 0.5) is 0 Å². The molecule has 76 valence electrons. The van der Waals surface area contributed by atoms with Crippen LogP contribution in [0.1, 0.15) is 26.7 Å². The van der Waals surface area contributed by atoms with E-state index in [0.717, 1.165) is 19.5 Å². The minimum Gasteiger partial charge on any atom is -0.309 e. The summed E-state index contributed by atoms with van der Waals surface area (Å²) >= 11 is 0. The van der Waals surface area contributed by atoms with Gasteiger partial charge in [0.15, 0.2) is 0 Å². The van der Waals surface area contributed by atoms with E-state index in [1.54, 1.807) is 0 Å². The normalized spacial score (nSPS) is 12.4. The van der Waals surface area contributed by atoms with E-state index in [1.807, 2.05) is 6.92 Å². The zero-order valence-electron chi connectivity index (χ0n) is 9.25. The van der Waals surface area contributed by atoms with E-state index in [9.17, 15) is 0 Å². The third-order valence-electron chi connectivity index (χ3n) is 1.73. The maximum atomic E-state index is 4.18. The van der Waals surface area contributed by atoms with Gasteiger partial charge in [0, 0.05) is 6.54 Å². The molecule has 0 amide bonds. The van der Waals surface area contributed by atoms with Crippen LogP contribution in [0.2, 0.25) is 0 Å². The third kappa shape index (κ3) is 9.25. The number of nitrogens with zero attached hydrogens (tertiary/aromatic N) is 3. The molecule has 3 heteroatoms. The van der Waals surface area contributed by atoms with Gasteiger partial charge in [-0.3, -0.25) is 0 Å². The number of hydrogen-bond donors (Lipinski definition) is 0. The molecule has 0 aromatic rings. The van der Waals surface area contributed by atoms with Crippen molar-refractivity contribution in [2.24, 2.45) is 9.98 Å². The van der Waals surface area contributed by atoms with Gasteiger partial charge in [-0.1, -0.05) is 0 Å². The predicted octanol–water partition coefficient (Wildman–Crippen LogP) is 1.91. The van der Waals surface area contributed by atoms with Crippen molar-refractivity contribution in [3.8, 4) is 0 Å². The molecule has 0 aromatic heterocycles. The molecule has 0 fully saturated rings. The maximum absolute atomic E-state index is 4.18. The van der Waals surface area contributed by atoms with Gasteiger partial charge in [-0.15, -0.1) is 0 Å². The van der Waals surface area contributed by atoms with Crippen LogP contribution in [0.3, 0.4) is 0 Å². The second kappa shape index (κ2) is 7.96. The summed E-state index contributed by atoms with van der Waals surface area (Å²) in [6.07, 6.45) is 2.30. The number of aliphatic imine (C=N–C) groups is 2. The smallest absolute Gasteiger partial charge is 0.0895 e. The highest BCUT2D eigenvalue weighted by Crippen LogP contribution is 2.00. The van der Waals surface area contributed by atoms with Crippen molar-refractivity contribution in [1.29, 1.82) is 0 Å². The van der Waals surface area contributed by atoms with Gasteiger partial charge in [0.2, 0.25) is 0 Å². The van der Waals surface area contributed by atoms with Crippen LogP contribution >= 0.6 is 0 Å². The molecule has 13 heavy (non-hydrogen) atoms. The molecule has 0 saturated heterocycles. The average Bonchev–Trinajstić information content (AvgIpc) is 2.04. The average molecular weight is 183 g/mol. The Morgan fingerprint density at radius 3 is 2.62 bits per heavy atom. The van der Waals surface area contributed by atoms with Gasteiger partial charge in [-0.25, -0.2) is 9.98 Å². The third-order valence-corrected chi connectivity index (χ3v) is 1.73. The summed E-state index contributed by atoms with van der Waals surface area (Å²) in [6, 6.07) is 3.07. The fourth-order valence-corrected chi connectivity index (χ4v) is 0.978. The van der Waals surface area contributed by atoms with Crippen LogP contribution < -0.4 is 0 Å². The molecule has 1 unspecified atom stereocenters. The van der Waals surface area contributed by atoms with Crippen LogP contribution in [-0.4, -0.2) is 44.1 Å². The Hall–Kier alpha value is -0.660. The molecule has 1 atom stereocenters. The summed E-state index contributed by atoms with van der Waals surface area (Å²) in [5.41, 5.74) is 0. The summed E-state index contributed by atoms with van der Waals surface area (Å²) in [5, 5.41) is 0. The standard InChI is InChI=1S/C10H21N3/c1-5-11-9-12-10(2)7-6-8-13(3)4/h10H,5-8H2,1-4H3. The number of hydrogen-bond acceptors (Lipinski definition) is 3. The first-order valence-corrected chi connectivity index (χ1v) is 4.93. The lowest BCUT2D eigenvalue weighted by Crippen LogP contribution is -2.14. The molecule has 0 heterocycles. The number of rotatable bonds is 6. The van der Waals surface area contributed by atoms with Gasteiger partial charge in [-0.2, -0.15) is 0 Å². The fraction of sp³-hybridized carbons (Fsp3) is 0.900. The molecule has 0 spiro atoms. The minimum atomic E-state index is 0.357. The topological polar surface area (TPSA) is 28.0 Å². The Morgan fingerprint density at radius 1 is 1.38 bits per heavy atom. The molecule has 3 nitrogen and oxygen atoms in total. The monoisotopic (exact) mass is 183 g/mol. The second-order valence-corrected chi connectivity index (χ2v) is 3.50. The summed E-state index contributed by atoms with van der Waals surface area (Å²) < 4.78 is 0. The van der Waals surface area contributed by atoms with Crippen molar-refractivity contribution in [2.45, 2.75) is 32.7 Å². The lowest BCUT2D eigenvalue weighted by Gasteiger charge is -2.09. The maximum Gasteiger partial charge on any atom is 0.0895 e. The Balaban J connectivity index is 3.51. The van der Waals surface area contributed by atoms with Gasteiger partial charge < -0.3 is 4.90 Å². The SMILES string of the molecule is CCN=C=NC(C)CCCN(C)C. The van der Waals surface area contributed by atoms with Gasteiger partial charge in [-0.05, 0) is 47.3 Å². The van der Waals surface area contributed by atoms with Crippen molar-refractivity contribution in [3.63, 3.8) is 0 Å². The zero-order valence-corrected chi connectivity index (χ0v) is 9.25. The quantitative estimate of drug-likeness (QED) is 0.578. The Labute approximate surface area is 81.6 Å². The largest absolute Gasteiger partial charge is 0.309 e. The summed E-state index contributed by atoms with van der Waals surface area (Å²) in [5.74, 6) is 0. The Morgan fingerprint density at radius 2 is 2.08 bits per heavy atom. The molecule has 0 aromatic carbocycles. The summed E-state index contributed by atoms with van der Waals surface area (Å²) in [6.45, 7) is 5.99. The molecule has 0 saturated carbocycles. The van der Waals surface area contributed by atoms with E-state index in [-0.39, 0.29) is 0 Å². The highest BCUT2D eigenvalue weighted by atomic mass is 15.0. The van der Waals surface area contributed by atoms with E-state index in [1.165, 1.54) is 6.42 Å². The van der Waals surface area contributed by atoms with Gasteiger partial charge in [0.05, 0.1) is 12.1 Å². The van der Waals surface area contributed by atoms with Crippen molar-refractivity contribution < 1.29 is 0 Å². The molecule has 0 aliphatic rings. The van der Waals surface area contributed by atoms with Gasteiger partial charge in [0.1, 0.15) is 0 Å². The van der Waals surface area contributed by atoms with Crippen LogP contribution in [0.5, 0.6) is 0 Å². The molecule has 0 aliphatic heterocycles. The molecular weight excluding hydrogens is 162 g/mol. The summed E-state index contributed by atoms with van der Waals surface area (Å²) in [7, 11) is 4.18. The highest BCUT2D eigenvalue weighted by Gasteiger charge is 1.98. The highest BCUT2D eigenvalue weighted by molar-refractivity contribution is 5.41. The van der Waals surface area contributed by atoms with E-state index in [0.29, 0.717) is 6.04 Å². The first kappa shape index (κ1) is 12.3. The molecule has 0 aliphatic carbocycles. The summed E-state index contributed by atoms with van der Waals surface area (Å²) in [4.78, 5) is 10.3. The molecule has 0 rings (SSSR count). The van der Waals surface area contributed by atoms with E-state index in [4.69, 9.17) is 0 Å². The zero-order chi connectivity index (χ0) is 10.1. The van der Waals surface area contributed by atoms with E-state index >= 15 is 0 Å². The lowest BCUT2D eigenvalue weighted by atomic mass is 10.2. The van der Waals surface area contributed by atoms with Crippen molar-refractivity contribution in [3.05, 3.63) is 0 Å². The van der Waals surface area contributed by atoms with Crippen molar-refractivity contribution >= 4 is 6.01 Å². The first-order valence-electron chi connectivity index (χ1n) is 4.93. The first-order chi connectivity index (χ1) is 6.16. The second-order valence-electron chi connectivity index (χ2n) is 3.50. The lowest BCUT2D eigenvalue weighted by molar-refractivity contribution is 0.388. The molecule has 0 bridgehead atoms. The minimum absolute atomic E-state index is 0.357. The molecular formula is C10H21N3. The Bertz CT molecular complexity index is 169. The van der Waals surface area contributed by atoms with Crippen LogP contribution in [0.25, 0.3) is 0 Å². The van der Waals surface area contributed by atoms with Crippen LogP contribution in [0.15, 0.2) is 9.98 Å².